The quantitative estimate of drug-likeness (QED) is 0.620. The van der Waals surface area contributed by atoms with Crippen LogP contribution in [0.5, 0.6) is 0 Å². The van der Waals surface area contributed by atoms with Gasteiger partial charge in [-0.25, -0.2) is 0 Å². The maximum Gasteiger partial charge on any atom is 0.0154 e. The van der Waals surface area contributed by atoms with E-state index >= 15 is 0 Å². The molecular formula is C13H25N. The average molecular weight is 195 g/mol. The van der Waals surface area contributed by atoms with Crippen LogP contribution in [0.1, 0.15) is 52.9 Å². The average Bonchev–Trinajstić information content (AvgIpc) is 2.31. The van der Waals surface area contributed by atoms with E-state index < -0.39 is 0 Å². The molecule has 0 aromatic heterocycles. The molecule has 0 spiro atoms. The Morgan fingerprint density at radius 2 is 1.79 bits per heavy atom. The molecule has 0 bridgehead atoms. The first-order chi connectivity index (χ1) is 6.47. The van der Waals surface area contributed by atoms with E-state index in [0.29, 0.717) is 10.8 Å². The van der Waals surface area contributed by atoms with Crippen LogP contribution in [0.2, 0.25) is 0 Å². The van der Waals surface area contributed by atoms with Gasteiger partial charge in [-0.2, -0.15) is 0 Å². The van der Waals surface area contributed by atoms with Gasteiger partial charge in [0.25, 0.3) is 0 Å². The highest BCUT2D eigenvalue weighted by atomic mass is 15.2. The first-order valence-electron chi connectivity index (χ1n) is 6.18. The fourth-order valence-electron chi connectivity index (χ4n) is 3.75. The summed E-state index contributed by atoms with van der Waals surface area (Å²) in [5.74, 6) is 0. The highest BCUT2D eigenvalue weighted by molar-refractivity contribution is 5.05. The fraction of sp³-hybridized carbons (Fsp3) is 1.00. The lowest BCUT2D eigenvalue weighted by Gasteiger charge is -2.57. The molecule has 1 aliphatic heterocycles. The molecule has 1 saturated carbocycles. The Kier molecular flexibility index (Phi) is 2.42. The normalized spacial score (nSPS) is 33.0. The first kappa shape index (κ1) is 10.5. The van der Waals surface area contributed by atoms with Crippen LogP contribution in [0, 0.1) is 10.8 Å². The van der Waals surface area contributed by atoms with Crippen molar-refractivity contribution in [2.45, 2.75) is 58.9 Å². The standard InChI is InChI=1S/C13H25N/c1-12(2,3)13(8-6-9-13)11-7-5-10-14(11)4/h11H,5-10H2,1-4H3. The summed E-state index contributed by atoms with van der Waals surface area (Å²) < 4.78 is 0. The number of hydrogen-bond donors (Lipinski definition) is 0. The van der Waals surface area contributed by atoms with E-state index in [-0.39, 0.29) is 0 Å². The summed E-state index contributed by atoms with van der Waals surface area (Å²) in [7, 11) is 2.32. The van der Waals surface area contributed by atoms with E-state index in [1.165, 1.54) is 38.6 Å². The van der Waals surface area contributed by atoms with E-state index in [9.17, 15) is 0 Å². The van der Waals surface area contributed by atoms with Crippen LogP contribution in [0.25, 0.3) is 0 Å². The smallest absolute Gasteiger partial charge is 0.0154 e. The zero-order valence-corrected chi connectivity index (χ0v) is 10.3. The molecule has 0 amide bonds. The van der Waals surface area contributed by atoms with Gasteiger partial charge in [-0.05, 0) is 50.1 Å². The van der Waals surface area contributed by atoms with Crippen LogP contribution >= 0.6 is 0 Å². The lowest BCUT2D eigenvalue weighted by atomic mass is 9.51. The van der Waals surface area contributed by atoms with Crippen molar-refractivity contribution in [1.82, 2.24) is 4.90 Å². The minimum atomic E-state index is 0.495. The van der Waals surface area contributed by atoms with Gasteiger partial charge < -0.3 is 4.90 Å². The third kappa shape index (κ3) is 1.32. The van der Waals surface area contributed by atoms with Gasteiger partial charge in [0.05, 0.1) is 0 Å². The minimum absolute atomic E-state index is 0.495. The predicted molar refractivity (Wildman–Crippen MR) is 61.4 cm³/mol. The molecule has 82 valence electrons. The topological polar surface area (TPSA) is 3.24 Å². The van der Waals surface area contributed by atoms with Gasteiger partial charge in [0.15, 0.2) is 0 Å². The van der Waals surface area contributed by atoms with E-state index in [2.05, 4.69) is 32.7 Å². The molecule has 1 aliphatic carbocycles. The van der Waals surface area contributed by atoms with E-state index in [1.807, 2.05) is 0 Å². The van der Waals surface area contributed by atoms with Gasteiger partial charge in [0.1, 0.15) is 0 Å². The lowest BCUT2D eigenvalue weighted by molar-refractivity contribution is -0.0667. The third-order valence-electron chi connectivity index (χ3n) is 4.90. The maximum absolute atomic E-state index is 2.62. The van der Waals surface area contributed by atoms with Crippen molar-refractivity contribution in [2.24, 2.45) is 10.8 Å². The van der Waals surface area contributed by atoms with Crippen molar-refractivity contribution in [2.75, 3.05) is 13.6 Å². The molecule has 1 saturated heterocycles. The number of likely N-dealkylation sites (tertiary alicyclic amines) is 1. The van der Waals surface area contributed by atoms with Crippen LogP contribution in [0.15, 0.2) is 0 Å². The number of nitrogens with zero attached hydrogens (tertiary/aromatic N) is 1. The number of rotatable bonds is 1. The Labute approximate surface area is 88.9 Å². The summed E-state index contributed by atoms with van der Waals surface area (Å²) in [5, 5.41) is 0. The van der Waals surface area contributed by atoms with Crippen LogP contribution < -0.4 is 0 Å². The zero-order valence-electron chi connectivity index (χ0n) is 10.3. The Morgan fingerprint density at radius 1 is 1.14 bits per heavy atom. The Morgan fingerprint density at radius 3 is 2.07 bits per heavy atom. The Hall–Kier alpha value is -0.0400. The van der Waals surface area contributed by atoms with Gasteiger partial charge in [-0.1, -0.05) is 27.2 Å². The molecule has 1 heteroatoms. The van der Waals surface area contributed by atoms with E-state index in [0.717, 1.165) is 6.04 Å². The van der Waals surface area contributed by atoms with Crippen LogP contribution in [-0.2, 0) is 0 Å². The van der Waals surface area contributed by atoms with Gasteiger partial charge in [0.2, 0.25) is 0 Å². The maximum atomic E-state index is 2.62. The molecule has 1 unspecified atom stereocenters. The summed E-state index contributed by atoms with van der Waals surface area (Å²) >= 11 is 0. The van der Waals surface area contributed by atoms with Crippen LogP contribution in [0.3, 0.4) is 0 Å². The summed E-state index contributed by atoms with van der Waals surface area (Å²) in [4.78, 5) is 2.62. The second kappa shape index (κ2) is 3.23. The Bertz CT molecular complexity index is 210. The van der Waals surface area contributed by atoms with Crippen molar-refractivity contribution in [3.8, 4) is 0 Å². The molecule has 0 aromatic carbocycles. The molecule has 2 fully saturated rings. The van der Waals surface area contributed by atoms with Crippen LogP contribution in [0.4, 0.5) is 0 Å². The largest absolute Gasteiger partial charge is 0.303 e. The predicted octanol–water partition coefficient (Wildman–Crippen LogP) is 3.30. The zero-order chi connectivity index (χ0) is 10.4. The molecule has 1 atom stereocenters. The summed E-state index contributed by atoms with van der Waals surface area (Å²) in [5.41, 5.74) is 1.13. The molecule has 0 N–H and O–H groups in total. The lowest BCUT2D eigenvalue weighted by Crippen LogP contribution is -2.54. The minimum Gasteiger partial charge on any atom is -0.303 e. The second-order valence-corrected chi connectivity index (χ2v) is 6.40. The van der Waals surface area contributed by atoms with Gasteiger partial charge >= 0.3 is 0 Å². The molecule has 1 nitrogen and oxygen atoms in total. The summed E-state index contributed by atoms with van der Waals surface area (Å²) in [6.45, 7) is 8.65. The SMILES string of the molecule is CN1CCCC1C1(C(C)(C)C)CCC1. The fourth-order valence-corrected chi connectivity index (χ4v) is 3.75. The summed E-state index contributed by atoms with van der Waals surface area (Å²) in [6, 6.07) is 0.872. The molecule has 2 aliphatic rings. The van der Waals surface area contributed by atoms with Crippen molar-refractivity contribution < 1.29 is 0 Å². The molecule has 2 rings (SSSR count). The molecule has 1 heterocycles. The number of hydrogen-bond acceptors (Lipinski definition) is 1. The molecule has 14 heavy (non-hydrogen) atoms. The van der Waals surface area contributed by atoms with Crippen molar-refractivity contribution in [1.29, 1.82) is 0 Å². The van der Waals surface area contributed by atoms with E-state index in [4.69, 9.17) is 0 Å². The van der Waals surface area contributed by atoms with Crippen LogP contribution in [-0.4, -0.2) is 24.5 Å². The van der Waals surface area contributed by atoms with E-state index in [1.54, 1.807) is 0 Å². The second-order valence-electron chi connectivity index (χ2n) is 6.40. The van der Waals surface area contributed by atoms with Gasteiger partial charge in [-0.15, -0.1) is 0 Å². The van der Waals surface area contributed by atoms with Gasteiger partial charge in [0, 0.05) is 6.04 Å². The third-order valence-corrected chi connectivity index (χ3v) is 4.90. The van der Waals surface area contributed by atoms with Crippen molar-refractivity contribution in [3.63, 3.8) is 0 Å². The molecule has 0 radical (unpaired) electrons. The molecule has 0 aromatic rings. The van der Waals surface area contributed by atoms with Crippen molar-refractivity contribution >= 4 is 0 Å². The first-order valence-corrected chi connectivity index (χ1v) is 6.18. The highest BCUT2D eigenvalue weighted by Crippen LogP contribution is 2.58. The Balaban J connectivity index is 2.20. The summed E-state index contributed by atoms with van der Waals surface area (Å²) in [6.07, 6.45) is 7.24. The molecular weight excluding hydrogens is 170 g/mol. The monoisotopic (exact) mass is 195 g/mol. The van der Waals surface area contributed by atoms with Gasteiger partial charge in [-0.3, -0.25) is 0 Å². The van der Waals surface area contributed by atoms with Crippen molar-refractivity contribution in [3.05, 3.63) is 0 Å². The highest BCUT2D eigenvalue weighted by Gasteiger charge is 2.53.